The van der Waals surface area contributed by atoms with Crippen LogP contribution in [-0.2, 0) is 4.79 Å². The highest BCUT2D eigenvalue weighted by molar-refractivity contribution is 5.98. The zero-order valence-electron chi connectivity index (χ0n) is 19.1. The highest BCUT2D eigenvalue weighted by atomic mass is 19.1. The molecule has 0 radical (unpaired) electrons. The first kappa shape index (κ1) is 22.4. The molecule has 1 saturated heterocycles. The molecule has 1 aliphatic heterocycles. The van der Waals surface area contributed by atoms with Crippen LogP contribution in [0, 0.1) is 5.82 Å². The maximum Gasteiger partial charge on any atom is 0.269 e. The zero-order valence-corrected chi connectivity index (χ0v) is 19.1. The number of aromatic nitrogens is 3. The molecule has 9 heteroatoms. The molecule has 1 unspecified atom stereocenters. The van der Waals surface area contributed by atoms with E-state index in [-0.39, 0.29) is 23.3 Å². The van der Waals surface area contributed by atoms with Gasteiger partial charge in [-0.1, -0.05) is 6.58 Å². The average molecular weight is 474 g/mol. The highest BCUT2D eigenvalue weighted by Gasteiger charge is 2.31. The number of fused-ring (bicyclic) bond motifs is 1. The molecule has 0 bridgehead atoms. The van der Waals surface area contributed by atoms with Gasteiger partial charge in [-0.05, 0) is 61.9 Å². The lowest BCUT2D eigenvalue weighted by molar-refractivity contribution is -0.126. The molecule has 178 valence electrons. The lowest BCUT2D eigenvalue weighted by atomic mass is 10.0. The van der Waals surface area contributed by atoms with Crippen molar-refractivity contribution in [3.05, 3.63) is 84.0 Å². The number of hydrogen-bond donors (Lipinski definition) is 2. The van der Waals surface area contributed by atoms with Gasteiger partial charge >= 0.3 is 0 Å². The van der Waals surface area contributed by atoms with Crippen LogP contribution in [0.5, 0.6) is 11.5 Å². The van der Waals surface area contributed by atoms with Gasteiger partial charge in [-0.2, -0.15) is 5.10 Å². The van der Waals surface area contributed by atoms with Crippen molar-refractivity contribution in [3.63, 3.8) is 0 Å². The van der Waals surface area contributed by atoms with Crippen molar-refractivity contribution in [2.75, 3.05) is 13.1 Å². The van der Waals surface area contributed by atoms with Crippen LogP contribution in [0.1, 0.15) is 35.3 Å². The molecule has 2 aromatic heterocycles. The third kappa shape index (κ3) is 4.16. The molecular formula is C26H24FN5O3. The molecular weight excluding hydrogens is 449 g/mol. The Morgan fingerprint density at radius 1 is 1.14 bits per heavy atom. The number of carbonyl (C=O) groups excluding carboxylic acids is 2. The van der Waals surface area contributed by atoms with Gasteiger partial charge in [0.2, 0.25) is 5.91 Å². The SMILES string of the molecule is C=C(C)C(=O)N1CCC(c2cnn3c(C(N)=O)c(-c4ccc(Oc5ccc(F)cc5)cc4)[nH]c23)C1. The van der Waals surface area contributed by atoms with E-state index in [2.05, 4.69) is 16.7 Å². The van der Waals surface area contributed by atoms with Crippen LogP contribution in [0.4, 0.5) is 4.39 Å². The second-order valence-corrected chi connectivity index (χ2v) is 8.67. The minimum atomic E-state index is -0.613. The van der Waals surface area contributed by atoms with Crippen molar-refractivity contribution >= 4 is 17.5 Å². The first-order valence-corrected chi connectivity index (χ1v) is 11.2. The molecule has 3 heterocycles. The summed E-state index contributed by atoms with van der Waals surface area (Å²) in [7, 11) is 0. The van der Waals surface area contributed by atoms with Crippen LogP contribution in [0.2, 0.25) is 0 Å². The van der Waals surface area contributed by atoms with E-state index < -0.39 is 5.91 Å². The Labute approximate surface area is 200 Å². The molecule has 0 saturated carbocycles. The first-order chi connectivity index (χ1) is 16.8. The Hall–Kier alpha value is -4.40. The second kappa shape index (κ2) is 8.75. The number of aromatic amines is 1. The van der Waals surface area contributed by atoms with Crippen LogP contribution in [-0.4, -0.2) is 44.4 Å². The van der Waals surface area contributed by atoms with E-state index in [4.69, 9.17) is 10.5 Å². The highest BCUT2D eigenvalue weighted by Crippen LogP contribution is 2.34. The lowest BCUT2D eigenvalue weighted by Gasteiger charge is -2.15. The van der Waals surface area contributed by atoms with E-state index in [0.717, 1.165) is 17.5 Å². The summed E-state index contributed by atoms with van der Waals surface area (Å²) in [6, 6.07) is 12.9. The minimum Gasteiger partial charge on any atom is -0.457 e. The van der Waals surface area contributed by atoms with Gasteiger partial charge in [0.15, 0.2) is 5.69 Å². The Morgan fingerprint density at radius 2 is 1.80 bits per heavy atom. The third-order valence-corrected chi connectivity index (χ3v) is 6.20. The number of ether oxygens (including phenoxy) is 1. The largest absolute Gasteiger partial charge is 0.457 e. The summed E-state index contributed by atoms with van der Waals surface area (Å²) in [5.41, 5.74) is 9.35. The number of rotatable bonds is 6. The van der Waals surface area contributed by atoms with E-state index in [1.807, 2.05) is 0 Å². The first-order valence-electron chi connectivity index (χ1n) is 11.2. The van der Waals surface area contributed by atoms with Gasteiger partial charge in [0.05, 0.1) is 11.9 Å². The number of nitrogens with two attached hydrogens (primary N) is 1. The summed E-state index contributed by atoms with van der Waals surface area (Å²) in [5, 5.41) is 4.42. The van der Waals surface area contributed by atoms with Gasteiger partial charge in [0.1, 0.15) is 23.0 Å². The molecule has 1 atom stereocenters. The van der Waals surface area contributed by atoms with Crippen molar-refractivity contribution < 1.29 is 18.7 Å². The predicted octanol–water partition coefficient (Wildman–Crippen LogP) is 4.25. The maximum atomic E-state index is 13.1. The molecule has 0 spiro atoms. The number of likely N-dealkylation sites (tertiary alicyclic amines) is 1. The van der Waals surface area contributed by atoms with Gasteiger partial charge in [-0.3, -0.25) is 9.59 Å². The Kier molecular flexibility index (Phi) is 5.60. The number of nitrogens with zero attached hydrogens (tertiary/aromatic N) is 3. The zero-order chi connectivity index (χ0) is 24.7. The summed E-state index contributed by atoms with van der Waals surface area (Å²) >= 11 is 0. The van der Waals surface area contributed by atoms with Gasteiger partial charge in [0, 0.05) is 35.7 Å². The van der Waals surface area contributed by atoms with Crippen LogP contribution in [0.15, 0.2) is 66.9 Å². The summed E-state index contributed by atoms with van der Waals surface area (Å²) in [5.74, 6) is 0.147. The average Bonchev–Trinajstić information content (AvgIpc) is 3.55. The van der Waals surface area contributed by atoms with Crippen LogP contribution < -0.4 is 10.5 Å². The van der Waals surface area contributed by atoms with Gasteiger partial charge in [-0.25, -0.2) is 8.91 Å². The van der Waals surface area contributed by atoms with Gasteiger partial charge in [-0.15, -0.1) is 0 Å². The normalized spacial score (nSPS) is 15.5. The fourth-order valence-electron chi connectivity index (χ4n) is 4.47. The molecule has 4 aromatic rings. The number of primary amides is 1. The Balaban J connectivity index is 1.44. The lowest BCUT2D eigenvalue weighted by Crippen LogP contribution is -2.28. The van der Waals surface area contributed by atoms with Crippen molar-refractivity contribution in [1.29, 1.82) is 0 Å². The molecule has 2 aromatic carbocycles. The number of amides is 2. The number of H-pyrrole nitrogens is 1. The minimum absolute atomic E-state index is 0.0520. The number of carbonyl (C=O) groups is 2. The quantitative estimate of drug-likeness (QED) is 0.408. The summed E-state index contributed by atoms with van der Waals surface area (Å²) in [4.78, 5) is 29.8. The summed E-state index contributed by atoms with van der Waals surface area (Å²) in [6.07, 6.45) is 2.51. The number of imidazole rings is 1. The van der Waals surface area contributed by atoms with E-state index in [0.29, 0.717) is 41.5 Å². The standard InChI is InChI=1S/C26H24FN5O3/c1-15(2)26(34)31-12-11-17(14-31)21-13-29-32-23(24(28)33)22(30-25(21)32)16-3-7-19(8-4-16)35-20-9-5-18(27)6-10-20/h3-10,13,17,30H,1,11-12,14H2,2H3,(H2,28,33). The predicted molar refractivity (Wildman–Crippen MR) is 129 cm³/mol. The van der Waals surface area contributed by atoms with Crippen molar-refractivity contribution in [2.24, 2.45) is 5.73 Å². The van der Waals surface area contributed by atoms with E-state index in [1.165, 1.54) is 16.6 Å². The molecule has 2 amide bonds. The third-order valence-electron chi connectivity index (χ3n) is 6.20. The van der Waals surface area contributed by atoms with Crippen molar-refractivity contribution in [3.8, 4) is 22.8 Å². The number of halogens is 1. The number of nitrogens with one attached hydrogen (secondary N) is 1. The van der Waals surface area contributed by atoms with Gasteiger partial charge < -0.3 is 20.4 Å². The topological polar surface area (TPSA) is 106 Å². The van der Waals surface area contributed by atoms with Crippen molar-refractivity contribution in [2.45, 2.75) is 19.3 Å². The molecule has 5 rings (SSSR count). The maximum absolute atomic E-state index is 13.1. The Morgan fingerprint density at radius 3 is 2.43 bits per heavy atom. The molecule has 1 fully saturated rings. The molecule has 8 nitrogen and oxygen atoms in total. The van der Waals surface area contributed by atoms with E-state index >= 15 is 0 Å². The van der Waals surface area contributed by atoms with Gasteiger partial charge in [0.25, 0.3) is 5.91 Å². The van der Waals surface area contributed by atoms with Crippen LogP contribution in [0.25, 0.3) is 16.9 Å². The number of benzene rings is 2. The number of hydrogen-bond acceptors (Lipinski definition) is 4. The van der Waals surface area contributed by atoms with Crippen molar-refractivity contribution in [1.82, 2.24) is 19.5 Å². The molecule has 35 heavy (non-hydrogen) atoms. The summed E-state index contributed by atoms with van der Waals surface area (Å²) in [6.45, 7) is 6.65. The second-order valence-electron chi connectivity index (χ2n) is 8.67. The fourth-order valence-corrected chi connectivity index (χ4v) is 4.47. The van der Waals surface area contributed by atoms with E-state index in [9.17, 15) is 14.0 Å². The molecule has 0 aliphatic carbocycles. The molecule has 1 aliphatic rings. The summed E-state index contributed by atoms with van der Waals surface area (Å²) < 4.78 is 20.4. The smallest absolute Gasteiger partial charge is 0.269 e. The fraction of sp³-hybridized carbons (Fsp3) is 0.192. The van der Waals surface area contributed by atoms with Crippen LogP contribution in [0.3, 0.4) is 0 Å². The monoisotopic (exact) mass is 473 g/mol. The van der Waals surface area contributed by atoms with Crippen LogP contribution >= 0.6 is 0 Å². The Bertz CT molecular complexity index is 1440. The van der Waals surface area contributed by atoms with E-state index in [1.54, 1.807) is 54.4 Å². The molecule has 3 N–H and O–H groups in total.